The first kappa shape index (κ1) is 44.1. The second-order valence-electron chi connectivity index (χ2n) is 17.0. The second kappa shape index (κ2) is 17.7. The molecule has 0 unspecified atom stereocenters. The van der Waals surface area contributed by atoms with Crippen LogP contribution in [-0.4, -0.2) is 15.9 Å². The molecule has 0 atom stereocenters. The fourth-order valence-corrected chi connectivity index (χ4v) is 8.19. The van der Waals surface area contributed by atoms with Gasteiger partial charge in [-0.15, -0.1) is 40.5 Å². The predicted octanol–water partition coefficient (Wildman–Crippen LogP) is 14.8. The molecule has 0 bridgehead atoms. The molecule has 3 heterocycles. The molecule has 0 saturated carbocycles. The summed E-state index contributed by atoms with van der Waals surface area (Å²) in [4.78, 5) is 18.2. The molecule has 3 aromatic carbocycles. The normalized spacial score (nSPS) is 12.6. The van der Waals surface area contributed by atoms with E-state index in [1.165, 1.54) is 32.7 Å². The number of aliphatic hydroxyl groups is 1. The number of benzene rings is 3. The number of rotatable bonds is 11. The fraction of sp³-hybridized carbons (Fsp3) is 0.429. The SMILES string of the molecule is CCC(C)(CC)C(=O)/C=C(\O)C(C)(CC)CC.Cc1c(-c2cc3ccc(CC(C)C)cc3s2)oc2c(-c3[c-]c4ccccc4c(C(C)(C)C)c3)nccc12.[Ir]. The Labute approximate surface area is 347 Å². The second-order valence-corrected chi connectivity index (χ2v) is 18.1. The van der Waals surface area contributed by atoms with E-state index in [9.17, 15) is 9.90 Å². The summed E-state index contributed by atoms with van der Waals surface area (Å²) in [6.45, 7) is 25.6. The van der Waals surface area contributed by atoms with E-state index in [2.05, 4.69) is 108 Å². The molecule has 0 aliphatic heterocycles. The Morgan fingerprint density at radius 2 is 1.55 bits per heavy atom. The van der Waals surface area contributed by atoms with Gasteiger partial charge in [-0.3, -0.25) is 9.78 Å². The van der Waals surface area contributed by atoms with Gasteiger partial charge < -0.3 is 9.52 Å². The summed E-state index contributed by atoms with van der Waals surface area (Å²) in [5, 5.41) is 14.9. The maximum atomic E-state index is 12.2. The quantitative estimate of drug-likeness (QED) is 0.0799. The van der Waals surface area contributed by atoms with Gasteiger partial charge in [0.1, 0.15) is 17.1 Å². The number of carbonyl (C=O) groups is 1. The fourth-order valence-electron chi connectivity index (χ4n) is 7.02. The van der Waals surface area contributed by atoms with E-state index in [0.29, 0.717) is 5.92 Å². The predicted molar refractivity (Wildman–Crippen MR) is 232 cm³/mol. The molecule has 0 aliphatic rings. The zero-order valence-corrected chi connectivity index (χ0v) is 38.2. The van der Waals surface area contributed by atoms with Crippen LogP contribution in [0.5, 0.6) is 0 Å². The summed E-state index contributed by atoms with van der Waals surface area (Å²) in [5.74, 6) is 1.87. The van der Waals surface area contributed by atoms with Gasteiger partial charge in [0.15, 0.2) is 5.78 Å². The summed E-state index contributed by atoms with van der Waals surface area (Å²) >= 11 is 1.81. The van der Waals surface area contributed by atoms with Gasteiger partial charge in [0.05, 0.1) is 4.88 Å². The van der Waals surface area contributed by atoms with Crippen LogP contribution in [0.15, 0.2) is 83.1 Å². The number of carbonyl (C=O) groups excluding carboxylic acids is 1. The number of furan rings is 1. The zero-order valence-electron chi connectivity index (χ0n) is 35.0. The van der Waals surface area contributed by atoms with Crippen molar-refractivity contribution < 1.29 is 34.4 Å². The van der Waals surface area contributed by atoms with Crippen LogP contribution in [0.25, 0.3) is 53.7 Å². The van der Waals surface area contributed by atoms with E-state index < -0.39 is 0 Å². The van der Waals surface area contributed by atoms with E-state index in [1.54, 1.807) is 0 Å². The number of nitrogens with zero attached hydrogens (tertiary/aromatic N) is 1. The largest absolute Gasteiger partial charge is 0.512 e. The first-order valence-corrected chi connectivity index (χ1v) is 20.6. The summed E-state index contributed by atoms with van der Waals surface area (Å²) < 4.78 is 7.97. The first-order valence-electron chi connectivity index (χ1n) is 19.8. The van der Waals surface area contributed by atoms with Gasteiger partial charge in [0, 0.05) is 64.6 Å². The molecule has 295 valence electrons. The first-order chi connectivity index (χ1) is 25.5. The van der Waals surface area contributed by atoms with Crippen molar-refractivity contribution in [3.8, 4) is 21.9 Å². The number of hydrogen-bond donors (Lipinski definition) is 1. The minimum atomic E-state index is -0.337. The Bertz CT molecular complexity index is 2290. The van der Waals surface area contributed by atoms with Crippen molar-refractivity contribution in [3.05, 3.63) is 101 Å². The third kappa shape index (κ3) is 9.36. The molecule has 1 N–H and O–H groups in total. The minimum absolute atomic E-state index is 0. The molecule has 4 nitrogen and oxygen atoms in total. The Hall–Kier alpha value is -3.57. The van der Waals surface area contributed by atoms with Gasteiger partial charge in [0.2, 0.25) is 0 Å². The molecule has 0 spiro atoms. The van der Waals surface area contributed by atoms with Crippen LogP contribution in [0.2, 0.25) is 0 Å². The van der Waals surface area contributed by atoms with Gasteiger partial charge in [0.25, 0.3) is 0 Å². The molecule has 55 heavy (non-hydrogen) atoms. The van der Waals surface area contributed by atoms with Gasteiger partial charge in [-0.05, 0) is 79.5 Å². The van der Waals surface area contributed by atoms with Crippen LogP contribution in [0, 0.1) is 29.7 Å². The molecule has 6 heteroatoms. The third-order valence-corrected chi connectivity index (χ3v) is 12.8. The van der Waals surface area contributed by atoms with Crippen LogP contribution >= 0.6 is 11.3 Å². The van der Waals surface area contributed by atoms with Crippen molar-refractivity contribution in [3.63, 3.8) is 0 Å². The molecule has 6 rings (SSSR count). The van der Waals surface area contributed by atoms with Gasteiger partial charge >= 0.3 is 0 Å². The number of aryl methyl sites for hydroxylation is 1. The Balaban J connectivity index is 0.000000320. The van der Waals surface area contributed by atoms with E-state index in [1.807, 2.05) is 59.1 Å². The van der Waals surface area contributed by atoms with Crippen molar-refractivity contribution in [1.29, 1.82) is 0 Å². The minimum Gasteiger partial charge on any atom is -0.512 e. The van der Waals surface area contributed by atoms with Crippen LogP contribution in [0.4, 0.5) is 0 Å². The number of allylic oxidation sites excluding steroid dienone is 2. The molecule has 1 radical (unpaired) electrons. The van der Waals surface area contributed by atoms with Crippen LogP contribution in [0.3, 0.4) is 0 Å². The molecular weight excluding hydrogens is 875 g/mol. The maximum absolute atomic E-state index is 12.2. The summed E-state index contributed by atoms with van der Waals surface area (Å²) in [6, 6.07) is 25.6. The number of fused-ring (bicyclic) bond motifs is 3. The molecule has 3 aromatic heterocycles. The molecule has 0 aliphatic carbocycles. The Morgan fingerprint density at radius 3 is 2.16 bits per heavy atom. The third-order valence-electron chi connectivity index (χ3n) is 11.7. The van der Waals surface area contributed by atoms with Crippen LogP contribution in [-0.2, 0) is 36.7 Å². The van der Waals surface area contributed by atoms with Crippen molar-refractivity contribution in [2.45, 2.75) is 121 Å². The smallest absolute Gasteiger partial charge is 0.164 e. The number of pyridine rings is 1. The van der Waals surface area contributed by atoms with E-state index >= 15 is 0 Å². The molecule has 0 saturated heterocycles. The van der Waals surface area contributed by atoms with Crippen molar-refractivity contribution in [2.75, 3.05) is 0 Å². The molecule has 0 amide bonds. The number of hydrogen-bond acceptors (Lipinski definition) is 5. The van der Waals surface area contributed by atoms with Gasteiger partial charge in [-0.2, -0.15) is 0 Å². The topological polar surface area (TPSA) is 63.3 Å². The Morgan fingerprint density at radius 1 is 0.891 bits per heavy atom. The number of aliphatic hydroxyl groups excluding tert-OH is 1. The van der Waals surface area contributed by atoms with Crippen molar-refractivity contribution in [1.82, 2.24) is 4.98 Å². The van der Waals surface area contributed by atoms with E-state index in [-0.39, 0.29) is 47.9 Å². The zero-order chi connectivity index (χ0) is 39.6. The van der Waals surface area contributed by atoms with Gasteiger partial charge in [-0.1, -0.05) is 117 Å². The maximum Gasteiger partial charge on any atom is 0.164 e. The average molecular weight is 935 g/mol. The molecular formula is C49H60IrNO3S-. The Kier molecular flexibility index (Phi) is 14.2. The van der Waals surface area contributed by atoms with E-state index in [4.69, 9.17) is 9.40 Å². The van der Waals surface area contributed by atoms with Crippen molar-refractivity contribution >= 4 is 48.9 Å². The average Bonchev–Trinajstić information content (AvgIpc) is 3.73. The summed E-state index contributed by atoms with van der Waals surface area (Å²) in [5.41, 5.74) is 5.89. The van der Waals surface area contributed by atoms with E-state index in [0.717, 1.165) is 75.9 Å². The number of thiophene rings is 1. The number of ketones is 1. The molecule has 6 aromatic rings. The van der Waals surface area contributed by atoms with Gasteiger partial charge in [-0.25, -0.2) is 0 Å². The molecule has 0 fully saturated rings. The summed E-state index contributed by atoms with van der Waals surface area (Å²) in [7, 11) is 0. The summed E-state index contributed by atoms with van der Waals surface area (Å²) in [6.07, 6.45) is 7.75. The standard InChI is InChI=1S/C34H32NOS.C15H28O2.Ir/c1-20(2)15-22-11-12-24-19-30(37-29(24)16-22)32-21(3)26-13-14-35-31(33(26)36-32)25-17-23-9-7-8-10-27(23)28(18-25)34(4,5)6;1-7-14(5,8-2)12(16)11-13(17)15(6,9-3)10-4;/h7-14,16,18-20H,15H2,1-6H3;11,16H,7-10H2,1-6H3;/q-1;;/b;12-11-;. The monoisotopic (exact) mass is 935 g/mol. The van der Waals surface area contributed by atoms with Crippen LogP contribution in [0.1, 0.15) is 119 Å². The number of aromatic nitrogens is 1. The van der Waals surface area contributed by atoms with Crippen LogP contribution < -0.4 is 0 Å². The van der Waals surface area contributed by atoms with Crippen molar-refractivity contribution in [2.24, 2.45) is 16.7 Å².